The Morgan fingerprint density at radius 3 is 0.589 bits per heavy atom. The molecule has 22 heteroatoms. The van der Waals surface area contributed by atoms with Gasteiger partial charge in [-0.05, 0) is 386 Å². The molecule has 0 amide bonds. The molecule has 0 aromatic heterocycles. The van der Waals surface area contributed by atoms with E-state index in [2.05, 4.69) is 73.2 Å². The van der Waals surface area contributed by atoms with Crippen molar-refractivity contribution >= 4 is 92.2 Å². The van der Waals surface area contributed by atoms with Crippen molar-refractivity contribution in [3.63, 3.8) is 0 Å². The van der Waals surface area contributed by atoms with Gasteiger partial charge in [-0.3, -0.25) is 21.7 Å². The van der Waals surface area contributed by atoms with Gasteiger partial charge in [0.05, 0.1) is 0 Å². The molecule has 0 bridgehead atoms. The predicted octanol–water partition coefficient (Wildman–Crippen LogP) is 8.99. The van der Waals surface area contributed by atoms with Crippen LogP contribution in [-0.2, 0) is 68.3 Å². The molecule has 0 aliphatic heterocycles. The van der Waals surface area contributed by atoms with Crippen LogP contribution in [0.3, 0.4) is 0 Å². The molecule has 478 valence electrons. The maximum Gasteiger partial charge on any atom is 2.00 e. The molecule has 0 unspecified atom stereocenters. The second-order valence-electron chi connectivity index (χ2n) is 19.6. The van der Waals surface area contributed by atoms with Crippen LogP contribution >= 0.6 is 48.9 Å². The van der Waals surface area contributed by atoms with E-state index in [0.29, 0.717) is 20.4 Å². The molecule has 14 nitrogen and oxygen atoms in total. The normalized spacial score (nSPS) is 18.8. The first-order chi connectivity index (χ1) is 42.1. The van der Waals surface area contributed by atoms with Crippen LogP contribution in [0.1, 0.15) is 66.2 Å². The minimum Gasteiger partial charge on any atom is -0.361 e. The van der Waals surface area contributed by atoms with Crippen LogP contribution in [0.25, 0.3) is 0 Å². The van der Waals surface area contributed by atoms with E-state index in [1.807, 2.05) is 259 Å². The van der Waals surface area contributed by atoms with Crippen molar-refractivity contribution in [1.82, 2.24) is 52.8 Å². The van der Waals surface area contributed by atoms with Gasteiger partial charge in [-0.25, -0.2) is 0 Å². The Morgan fingerprint density at radius 2 is 0.422 bits per heavy atom. The van der Waals surface area contributed by atoms with Crippen LogP contribution in [0.15, 0.2) is 20.4 Å². The van der Waals surface area contributed by atoms with Crippen molar-refractivity contribution in [2.24, 2.45) is 20.4 Å². The minimum absolute atomic E-state index is 0. The fourth-order valence-electron chi connectivity index (χ4n) is 8.06. The van der Waals surface area contributed by atoms with Crippen molar-refractivity contribution < 1.29 is 68.3 Å². The summed E-state index contributed by atoms with van der Waals surface area (Å²) in [7, 11) is 0. The van der Waals surface area contributed by atoms with Gasteiger partial charge in [0.2, 0.25) is 0 Å². The number of hydrogen-bond acceptors (Lipinski definition) is 10. The molecule has 8 aliphatic carbocycles. The van der Waals surface area contributed by atoms with E-state index < -0.39 is 0 Å². The average molecular weight is 1450 g/mol. The van der Waals surface area contributed by atoms with Gasteiger partial charge in [-0.15, -0.1) is 0 Å². The van der Waals surface area contributed by atoms with Gasteiger partial charge >= 0.3 is 68.3 Å². The van der Waals surface area contributed by atoms with Crippen molar-refractivity contribution in [3.8, 4) is 0 Å². The maximum absolute atomic E-state index is 5.51. The Bertz CT molecular complexity index is 1620. The summed E-state index contributed by atoms with van der Waals surface area (Å²) in [5.74, 6) is 4.29. The number of nitrogens with zero attached hydrogens (tertiary/aromatic N) is 6. The van der Waals surface area contributed by atoms with Crippen molar-refractivity contribution in [3.05, 3.63) is 255 Å². The standard InChI is InChI=1S/C48H68N14S4.4C5H5.4Fe/c1-37(41-19-5-6-20-41)53-57-45(63)49-27-15-33-61(34-16-28-50-46(64)58-54-38(2)42-21-7-8-22-42)31-13-14-32-62(35-17-29-51-47(65)59-55-39(3)43-23-9-10-24-43)36-18-30-52-48(66)60-56-40(4)44-25-11-12-26-44;4*1-2-4-5-3-1;;;;/h5-12,19-26H,13-18,27-36H2,1-4H3,(H2,49,57,63)(H2,50,58,64)(H2,51,59,65)(H2,52,60,66);4*1-5H;;;;/q;;;;;4*+2/b53-37+,54-38+,55-39+,56-40+;;;;;;;;. The smallest absolute Gasteiger partial charge is 0.361 e. The summed E-state index contributed by atoms with van der Waals surface area (Å²) in [6.45, 7) is 16.6. The first-order valence-electron chi connectivity index (χ1n) is 29.4. The molecule has 0 spiro atoms. The monoisotopic (exact) mass is 1450 g/mol. The first-order valence-corrected chi connectivity index (χ1v) is 31.0. The van der Waals surface area contributed by atoms with E-state index in [4.69, 9.17) is 48.9 Å². The van der Waals surface area contributed by atoms with Crippen LogP contribution in [-0.4, -0.2) is 119 Å². The molecule has 0 aromatic rings. The van der Waals surface area contributed by atoms with Gasteiger partial charge in [-0.2, -0.15) is 20.4 Å². The molecular formula is C68H88Fe4N14S4+8. The maximum atomic E-state index is 5.51. The quantitative estimate of drug-likeness (QED) is 0.0118. The summed E-state index contributed by atoms with van der Waals surface area (Å²) in [5.41, 5.74) is 15.5. The number of rotatable bonds is 29. The molecule has 0 atom stereocenters. The molecule has 40 radical (unpaired) electrons. The van der Waals surface area contributed by atoms with E-state index in [1.165, 1.54) is 0 Å². The van der Waals surface area contributed by atoms with Crippen LogP contribution in [0.2, 0.25) is 0 Å². The van der Waals surface area contributed by atoms with Gasteiger partial charge in [0.1, 0.15) is 0 Å². The molecule has 8 rings (SSSR count). The fourth-order valence-corrected chi connectivity index (χ4v) is 8.65. The third-order valence-corrected chi connectivity index (χ3v) is 13.7. The van der Waals surface area contributed by atoms with Crippen molar-refractivity contribution in [1.29, 1.82) is 0 Å². The van der Waals surface area contributed by atoms with Gasteiger partial charge in [-0.1, -0.05) is 0 Å². The zero-order valence-electron chi connectivity index (χ0n) is 51.8. The first kappa shape index (κ1) is 89.4. The Morgan fingerprint density at radius 1 is 0.267 bits per heavy atom. The van der Waals surface area contributed by atoms with E-state index in [1.54, 1.807) is 0 Å². The zero-order valence-corrected chi connectivity index (χ0v) is 59.5. The summed E-state index contributed by atoms with van der Waals surface area (Å²) >= 11 is 22.1. The zero-order chi connectivity index (χ0) is 61.3. The van der Waals surface area contributed by atoms with E-state index >= 15 is 0 Å². The topological polar surface area (TPSA) is 152 Å². The Balaban J connectivity index is 0.00000277. The number of hydrogen-bond donors (Lipinski definition) is 8. The van der Waals surface area contributed by atoms with E-state index in [0.717, 1.165) is 150 Å². The Kier molecular flexibility index (Phi) is 60.4. The van der Waals surface area contributed by atoms with Gasteiger partial charge in [0.25, 0.3) is 0 Å². The van der Waals surface area contributed by atoms with E-state index in [9.17, 15) is 0 Å². The van der Waals surface area contributed by atoms with Crippen molar-refractivity contribution in [2.75, 3.05) is 65.4 Å². The fraction of sp³-hybridized carbons (Fsp3) is 0.294. The summed E-state index contributed by atoms with van der Waals surface area (Å²) in [6, 6.07) is 0. The number of thiocarbonyl (C=S) groups is 4. The second-order valence-corrected chi connectivity index (χ2v) is 21.2. The van der Waals surface area contributed by atoms with Crippen LogP contribution in [0.4, 0.5) is 0 Å². The molecule has 8 aliphatic rings. The summed E-state index contributed by atoms with van der Waals surface area (Å²) in [6.07, 6.45) is 78.1. The minimum atomic E-state index is 0. The molecule has 0 aromatic carbocycles. The number of hydrazone groups is 4. The largest absolute Gasteiger partial charge is 2.00 e. The van der Waals surface area contributed by atoms with Gasteiger partial charge in [0.15, 0.2) is 20.4 Å². The van der Waals surface area contributed by atoms with Crippen LogP contribution in [0, 0.1) is 255 Å². The summed E-state index contributed by atoms with van der Waals surface area (Å²) in [5, 5.41) is 33.1. The second kappa shape index (κ2) is 60.8. The molecular weight excluding hydrogens is 1360 g/mol. The third-order valence-electron chi connectivity index (χ3n) is 12.8. The van der Waals surface area contributed by atoms with Crippen LogP contribution < -0.4 is 43.0 Å². The Hall–Kier alpha value is -0.562. The average Bonchev–Trinajstić information content (AvgIpc) is 4.50. The molecule has 90 heavy (non-hydrogen) atoms. The predicted molar refractivity (Wildman–Crippen MR) is 376 cm³/mol. The van der Waals surface area contributed by atoms with Gasteiger partial charge < -0.3 is 31.1 Å². The van der Waals surface area contributed by atoms with Crippen molar-refractivity contribution in [2.45, 2.75) is 66.2 Å². The van der Waals surface area contributed by atoms with E-state index in [-0.39, 0.29) is 68.3 Å². The number of unbranched alkanes of at least 4 members (excludes halogenated alkanes) is 1. The molecule has 8 saturated carbocycles. The number of nitrogens with one attached hydrogen (secondary N) is 8. The molecule has 8 fully saturated rings. The van der Waals surface area contributed by atoms with Crippen LogP contribution in [0.5, 0.6) is 0 Å². The summed E-state index contributed by atoms with van der Waals surface area (Å²) in [4.78, 5) is 5.07. The third kappa shape index (κ3) is 46.6. The Labute approximate surface area is 614 Å². The SMILES string of the molecule is C/C(=N\NC(=S)NCCCN(CCCCN(CCCNC(=S)N/N=C(\C)[C]1[CH][CH][CH][CH]1)CCCNC(=S)N/N=C(\C)[C]1[CH][CH][CH][CH]1)CCCNC(=S)N/N=C(\C)[C]1[CH][CH][CH][CH]1)[C]1[CH][CH][CH][CH]1.[CH]1[CH][CH][CH][CH]1.[CH]1[CH][CH][CH][CH]1.[CH]1[CH][CH][CH][CH]1.[CH]1[CH][CH][CH][CH]1.[Fe+2].[Fe+2].[Fe+2].[Fe+2]. The molecule has 0 heterocycles. The molecule has 8 N–H and O–H groups in total. The van der Waals surface area contributed by atoms with Gasteiger partial charge in [0, 0.05) is 72.7 Å². The summed E-state index contributed by atoms with van der Waals surface area (Å²) < 4.78 is 0. The molecule has 0 saturated heterocycles.